The van der Waals surface area contributed by atoms with Gasteiger partial charge < -0.3 is 15.2 Å². The van der Waals surface area contributed by atoms with E-state index in [9.17, 15) is 9.90 Å². The zero-order valence-electron chi connectivity index (χ0n) is 15.2. The van der Waals surface area contributed by atoms with Gasteiger partial charge in [0.1, 0.15) is 12.4 Å². The third kappa shape index (κ3) is 3.74. The molecule has 0 aliphatic heterocycles. The number of pyridine rings is 1. The molecule has 5 heteroatoms. The number of ether oxygens (including phenoxy) is 1. The SMILES string of the molecule is O=C(NCC=Cc1cncc(O)c1)OCC1c2ccccc2-c2ccccc21. The minimum atomic E-state index is -0.458. The largest absolute Gasteiger partial charge is 0.506 e. The predicted octanol–water partition coefficient (Wildman–Crippen LogP) is 4.34. The lowest BCUT2D eigenvalue weighted by Gasteiger charge is -2.14. The Hall–Kier alpha value is -3.60. The van der Waals surface area contributed by atoms with Crippen LogP contribution in [0.15, 0.2) is 73.1 Å². The van der Waals surface area contributed by atoms with Crippen LogP contribution in [0.3, 0.4) is 0 Å². The zero-order chi connectivity index (χ0) is 19.3. The van der Waals surface area contributed by atoms with Crippen LogP contribution in [0.1, 0.15) is 22.6 Å². The molecule has 1 aromatic heterocycles. The molecule has 0 saturated heterocycles. The number of amides is 1. The second-order valence-corrected chi connectivity index (χ2v) is 6.59. The van der Waals surface area contributed by atoms with Crippen molar-refractivity contribution >= 4 is 12.2 Å². The van der Waals surface area contributed by atoms with Gasteiger partial charge in [-0.05, 0) is 33.9 Å². The van der Waals surface area contributed by atoms with Gasteiger partial charge in [0, 0.05) is 18.7 Å². The van der Waals surface area contributed by atoms with Crippen molar-refractivity contribution in [2.24, 2.45) is 0 Å². The Morgan fingerprint density at radius 3 is 2.43 bits per heavy atom. The van der Waals surface area contributed by atoms with Crippen LogP contribution in [-0.4, -0.2) is 29.3 Å². The average molecular weight is 372 g/mol. The van der Waals surface area contributed by atoms with Gasteiger partial charge >= 0.3 is 6.09 Å². The molecule has 140 valence electrons. The third-order valence-electron chi connectivity index (χ3n) is 4.76. The lowest BCUT2D eigenvalue weighted by molar-refractivity contribution is 0.144. The molecule has 2 aromatic carbocycles. The summed E-state index contributed by atoms with van der Waals surface area (Å²) in [4.78, 5) is 16.0. The maximum atomic E-state index is 12.1. The Balaban J connectivity index is 1.34. The minimum Gasteiger partial charge on any atom is -0.506 e. The molecule has 3 aromatic rings. The van der Waals surface area contributed by atoms with Gasteiger partial charge in [0.05, 0.1) is 6.20 Å². The van der Waals surface area contributed by atoms with Crippen LogP contribution in [0.25, 0.3) is 17.2 Å². The third-order valence-corrected chi connectivity index (χ3v) is 4.76. The summed E-state index contributed by atoms with van der Waals surface area (Å²) in [5, 5.41) is 12.1. The number of rotatable bonds is 5. The van der Waals surface area contributed by atoms with E-state index in [-0.39, 0.29) is 11.7 Å². The molecule has 0 bridgehead atoms. The summed E-state index contributed by atoms with van der Waals surface area (Å²) in [6, 6.07) is 18.1. The van der Waals surface area contributed by atoms with Gasteiger partial charge in [0.15, 0.2) is 0 Å². The molecule has 1 heterocycles. The summed E-state index contributed by atoms with van der Waals surface area (Å²) in [5.41, 5.74) is 5.54. The van der Waals surface area contributed by atoms with E-state index in [0.29, 0.717) is 13.2 Å². The smallest absolute Gasteiger partial charge is 0.407 e. The van der Waals surface area contributed by atoms with Crippen molar-refractivity contribution in [3.05, 3.63) is 89.8 Å². The fourth-order valence-corrected chi connectivity index (χ4v) is 3.52. The quantitative estimate of drug-likeness (QED) is 0.699. The first-order chi connectivity index (χ1) is 13.7. The molecule has 0 saturated carbocycles. The van der Waals surface area contributed by atoms with Gasteiger partial charge in [-0.1, -0.05) is 60.7 Å². The van der Waals surface area contributed by atoms with E-state index in [2.05, 4.69) is 34.6 Å². The fraction of sp³-hybridized carbons (Fsp3) is 0.130. The maximum absolute atomic E-state index is 12.1. The number of aromatic hydroxyl groups is 1. The van der Waals surface area contributed by atoms with Crippen molar-refractivity contribution in [3.8, 4) is 16.9 Å². The molecule has 1 amide bonds. The molecule has 2 N–H and O–H groups in total. The summed E-state index contributed by atoms with van der Waals surface area (Å²) in [5.74, 6) is 0.152. The van der Waals surface area contributed by atoms with Crippen molar-refractivity contribution in [3.63, 3.8) is 0 Å². The van der Waals surface area contributed by atoms with Gasteiger partial charge in [-0.2, -0.15) is 0 Å². The lowest BCUT2D eigenvalue weighted by Crippen LogP contribution is -2.26. The molecule has 0 radical (unpaired) electrons. The predicted molar refractivity (Wildman–Crippen MR) is 108 cm³/mol. The number of nitrogens with zero attached hydrogens (tertiary/aromatic N) is 1. The first kappa shape index (κ1) is 17.8. The summed E-state index contributed by atoms with van der Waals surface area (Å²) in [6.45, 7) is 0.617. The molecule has 0 fully saturated rings. The number of nitrogens with one attached hydrogen (secondary N) is 1. The number of aromatic nitrogens is 1. The standard InChI is InChI=1S/C23H20N2O3/c26-17-12-16(13-24-14-17)6-5-11-25-23(27)28-15-22-20-9-3-1-7-18(20)19-8-2-4-10-21(19)22/h1-10,12-14,22,26H,11,15H2,(H,25,27). The van der Waals surface area contributed by atoms with Crippen molar-refractivity contribution < 1.29 is 14.6 Å². The lowest BCUT2D eigenvalue weighted by atomic mass is 9.98. The van der Waals surface area contributed by atoms with Crippen LogP contribution in [0.4, 0.5) is 4.79 Å². The van der Waals surface area contributed by atoms with Crippen molar-refractivity contribution in [1.29, 1.82) is 0 Å². The summed E-state index contributed by atoms with van der Waals surface area (Å²) in [6.07, 6.45) is 6.09. The summed E-state index contributed by atoms with van der Waals surface area (Å²) >= 11 is 0. The van der Waals surface area contributed by atoms with Crippen molar-refractivity contribution in [1.82, 2.24) is 10.3 Å². The maximum Gasteiger partial charge on any atom is 0.407 e. The van der Waals surface area contributed by atoms with E-state index in [1.807, 2.05) is 24.3 Å². The van der Waals surface area contributed by atoms with Crippen LogP contribution in [0, 0.1) is 0 Å². The number of hydrogen-bond donors (Lipinski definition) is 2. The Bertz CT molecular complexity index is 984. The van der Waals surface area contributed by atoms with Gasteiger partial charge in [-0.15, -0.1) is 0 Å². The van der Waals surface area contributed by atoms with Crippen molar-refractivity contribution in [2.75, 3.05) is 13.2 Å². The normalized spacial score (nSPS) is 12.6. The Kier molecular flexibility index (Phi) is 5.06. The highest BCUT2D eigenvalue weighted by atomic mass is 16.5. The van der Waals surface area contributed by atoms with Crippen LogP contribution < -0.4 is 5.32 Å². The minimum absolute atomic E-state index is 0.0482. The summed E-state index contributed by atoms with van der Waals surface area (Å²) < 4.78 is 5.47. The fourth-order valence-electron chi connectivity index (χ4n) is 3.52. The first-order valence-corrected chi connectivity index (χ1v) is 9.12. The summed E-state index contributed by atoms with van der Waals surface area (Å²) in [7, 11) is 0. The second-order valence-electron chi connectivity index (χ2n) is 6.59. The second kappa shape index (κ2) is 7.96. The van der Waals surface area contributed by atoms with Gasteiger partial charge in [0.2, 0.25) is 0 Å². The highest BCUT2D eigenvalue weighted by Gasteiger charge is 2.28. The van der Waals surface area contributed by atoms with Crippen LogP contribution in [0.5, 0.6) is 5.75 Å². The Morgan fingerprint density at radius 2 is 1.75 bits per heavy atom. The zero-order valence-corrected chi connectivity index (χ0v) is 15.2. The van der Waals surface area contributed by atoms with Crippen LogP contribution in [0.2, 0.25) is 0 Å². The number of hydrogen-bond acceptors (Lipinski definition) is 4. The topological polar surface area (TPSA) is 71.5 Å². The number of carbonyl (C=O) groups excluding carboxylic acids is 1. The van der Waals surface area contributed by atoms with E-state index in [1.165, 1.54) is 28.5 Å². The molecule has 0 spiro atoms. The van der Waals surface area contributed by atoms with Gasteiger partial charge in [-0.25, -0.2) is 4.79 Å². The number of alkyl carbamates (subject to hydrolysis) is 1. The molecule has 1 aliphatic rings. The van der Waals surface area contributed by atoms with Crippen LogP contribution >= 0.6 is 0 Å². The molecular weight excluding hydrogens is 352 g/mol. The van der Waals surface area contributed by atoms with Gasteiger partial charge in [-0.3, -0.25) is 4.98 Å². The molecule has 0 unspecified atom stereocenters. The first-order valence-electron chi connectivity index (χ1n) is 9.12. The Morgan fingerprint density at radius 1 is 1.07 bits per heavy atom. The van der Waals surface area contributed by atoms with Gasteiger partial charge in [0.25, 0.3) is 0 Å². The number of fused-ring (bicyclic) bond motifs is 3. The highest BCUT2D eigenvalue weighted by Crippen LogP contribution is 2.44. The monoisotopic (exact) mass is 372 g/mol. The molecule has 1 aliphatic carbocycles. The highest BCUT2D eigenvalue weighted by molar-refractivity contribution is 5.79. The van der Waals surface area contributed by atoms with E-state index in [0.717, 1.165) is 5.56 Å². The molecular formula is C23H20N2O3. The van der Waals surface area contributed by atoms with E-state index in [1.54, 1.807) is 24.4 Å². The van der Waals surface area contributed by atoms with E-state index < -0.39 is 6.09 Å². The molecule has 28 heavy (non-hydrogen) atoms. The number of benzene rings is 2. The van der Waals surface area contributed by atoms with E-state index >= 15 is 0 Å². The molecule has 4 rings (SSSR count). The van der Waals surface area contributed by atoms with Crippen LogP contribution in [-0.2, 0) is 4.74 Å². The number of carbonyl (C=O) groups is 1. The average Bonchev–Trinajstić information content (AvgIpc) is 3.04. The molecule has 5 nitrogen and oxygen atoms in total. The molecule has 0 atom stereocenters. The Labute approximate surface area is 163 Å². The van der Waals surface area contributed by atoms with E-state index in [4.69, 9.17) is 4.74 Å². The van der Waals surface area contributed by atoms with Crippen molar-refractivity contribution in [2.45, 2.75) is 5.92 Å².